The molecular weight excluding hydrogens is 631 g/mol. The van der Waals surface area contributed by atoms with Crippen LogP contribution in [0.3, 0.4) is 0 Å². The van der Waals surface area contributed by atoms with E-state index in [1.807, 2.05) is 19.0 Å². The second-order valence-electron chi connectivity index (χ2n) is 10.9. The average molecular weight is 666 g/mol. The van der Waals surface area contributed by atoms with E-state index in [0.717, 1.165) is 32.2 Å². The van der Waals surface area contributed by atoms with E-state index in [1.54, 1.807) is 10.1 Å². The smallest absolute Gasteiger partial charge is 0.358 e. The zero-order valence-corrected chi connectivity index (χ0v) is 27.1. The van der Waals surface area contributed by atoms with E-state index in [-0.39, 0.29) is 29.9 Å². The van der Waals surface area contributed by atoms with Crippen molar-refractivity contribution in [2.75, 3.05) is 37.9 Å². The van der Waals surface area contributed by atoms with Crippen molar-refractivity contribution in [2.45, 2.75) is 68.4 Å². The molecule has 2 fully saturated rings. The number of carbonyl (C=O) groups is 4. The summed E-state index contributed by atoms with van der Waals surface area (Å²) in [6.45, 7) is 2.80. The standard InChI is InChI=1S/C26H35N9O6S3/c1-14(40-23(38)15-6-4-5-7-15)41-24(39)20-16(12-44-26-30-31-32-34(26)9-8-33(2)3)11-42-22-19(21(37)35(20)22)29-18(36)10-17-13-43-25(27)28-17/h13-15,19,22H,4-12H2,1-3H3,(H2,27,28)(H,29,36)/t14?,19-,22+/m1/s1. The van der Waals surface area contributed by atoms with Gasteiger partial charge in [-0.15, -0.1) is 28.2 Å². The Morgan fingerprint density at radius 2 is 2.02 bits per heavy atom. The van der Waals surface area contributed by atoms with Gasteiger partial charge in [0.25, 0.3) is 5.91 Å². The van der Waals surface area contributed by atoms with Crippen LogP contribution in [0.4, 0.5) is 5.13 Å². The zero-order valence-electron chi connectivity index (χ0n) is 24.6. The van der Waals surface area contributed by atoms with Crippen molar-refractivity contribution in [2.24, 2.45) is 5.92 Å². The fraction of sp³-hybridized carbons (Fsp3) is 0.615. The molecule has 1 unspecified atom stereocenters. The van der Waals surface area contributed by atoms with Gasteiger partial charge in [-0.3, -0.25) is 19.3 Å². The van der Waals surface area contributed by atoms with Crippen molar-refractivity contribution in [3.8, 4) is 0 Å². The molecule has 1 saturated heterocycles. The first-order valence-electron chi connectivity index (χ1n) is 14.2. The van der Waals surface area contributed by atoms with Crippen LogP contribution >= 0.6 is 34.9 Å². The number of thioether (sulfide) groups is 2. The van der Waals surface area contributed by atoms with Crippen LogP contribution in [0.5, 0.6) is 0 Å². The largest absolute Gasteiger partial charge is 0.425 e. The van der Waals surface area contributed by atoms with E-state index >= 15 is 0 Å². The van der Waals surface area contributed by atoms with Gasteiger partial charge in [0, 0.05) is 30.4 Å². The molecule has 3 aliphatic rings. The predicted octanol–water partition coefficient (Wildman–Crippen LogP) is 0.885. The number of thiazole rings is 1. The van der Waals surface area contributed by atoms with Crippen LogP contribution in [-0.4, -0.2) is 109 Å². The highest BCUT2D eigenvalue weighted by Gasteiger charge is 2.54. The molecule has 44 heavy (non-hydrogen) atoms. The molecule has 238 valence electrons. The van der Waals surface area contributed by atoms with E-state index < -0.39 is 29.6 Å². The minimum atomic E-state index is -1.14. The fourth-order valence-electron chi connectivity index (χ4n) is 5.11. The molecule has 2 aliphatic heterocycles. The second kappa shape index (κ2) is 14.3. The second-order valence-corrected chi connectivity index (χ2v) is 13.9. The number of anilines is 1. The number of fused-ring (bicyclic) bond motifs is 1. The lowest BCUT2D eigenvalue weighted by Crippen LogP contribution is -2.70. The first-order chi connectivity index (χ1) is 21.1. The topological polar surface area (TPSA) is 188 Å². The first-order valence-corrected chi connectivity index (χ1v) is 17.1. The van der Waals surface area contributed by atoms with Crippen molar-refractivity contribution in [3.05, 3.63) is 22.3 Å². The van der Waals surface area contributed by atoms with Crippen LogP contribution in [-0.2, 0) is 41.6 Å². The van der Waals surface area contributed by atoms with Gasteiger partial charge in [-0.05, 0) is 42.9 Å². The van der Waals surface area contributed by atoms with Crippen LogP contribution in [0, 0.1) is 5.92 Å². The Bertz CT molecular complexity index is 1420. The van der Waals surface area contributed by atoms with Gasteiger partial charge < -0.3 is 25.4 Å². The maximum atomic E-state index is 13.6. The highest BCUT2D eigenvalue weighted by Crippen LogP contribution is 2.42. The molecule has 15 nitrogen and oxygen atoms in total. The molecule has 4 heterocycles. The molecule has 0 radical (unpaired) electrons. The van der Waals surface area contributed by atoms with Gasteiger partial charge >= 0.3 is 11.9 Å². The Kier molecular flexibility index (Phi) is 10.4. The molecule has 2 aromatic heterocycles. The molecular formula is C26H35N9O6S3. The SMILES string of the molecule is CC(OC(=O)C1=C(CSc2nnnn2CCN(C)C)CS[C@H]2[C@H](NC(=O)Cc3csc(N)n3)C(=O)N12)OC(=O)C1CCCC1. The zero-order chi connectivity index (χ0) is 31.4. The highest BCUT2D eigenvalue weighted by atomic mass is 32.2. The van der Waals surface area contributed by atoms with Crippen LogP contribution in [0.25, 0.3) is 0 Å². The van der Waals surface area contributed by atoms with Crippen molar-refractivity contribution >= 4 is 63.7 Å². The van der Waals surface area contributed by atoms with E-state index in [9.17, 15) is 19.2 Å². The maximum Gasteiger partial charge on any atom is 0.358 e. The number of nitrogens with one attached hydrogen (secondary N) is 1. The summed E-state index contributed by atoms with van der Waals surface area (Å²) in [7, 11) is 3.91. The summed E-state index contributed by atoms with van der Waals surface area (Å²) in [5.74, 6) is -1.46. The molecule has 3 atom stereocenters. The predicted molar refractivity (Wildman–Crippen MR) is 163 cm³/mol. The number of esters is 2. The van der Waals surface area contributed by atoms with Gasteiger partial charge in [-0.25, -0.2) is 14.5 Å². The number of tetrazole rings is 1. The monoisotopic (exact) mass is 665 g/mol. The minimum Gasteiger partial charge on any atom is -0.425 e. The molecule has 2 amide bonds. The third-order valence-electron chi connectivity index (χ3n) is 7.35. The Labute approximate surface area is 266 Å². The molecule has 18 heteroatoms. The summed E-state index contributed by atoms with van der Waals surface area (Å²) in [6, 6.07) is -0.823. The summed E-state index contributed by atoms with van der Waals surface area (Å²) in [6.07, 6.45) is 2.28. The van der Waals surface area contributed by atoms with Gasteiger partial charge in [0.05, 0.1) is 24.6 Å². The molecule has 0 bridgehead atoms. The Morgan fingerprint density at radius 1 is 1.25 bits per heavy atom. The summed E-state index contributed by atoms with van der Waals surface area (Å²) in [4.78, 5) is 59.7. The normalized spacial score (nSPS) is 20.8. The number of hydrogen-bond acceptors (Lipinski definition) is 15. The van der Waals surface area contributed by atoms with Crippen LogP contribution < -0.4 is 11.1 Å². The van der Waals surface area contributed by atoms with Crippen molar-refractivity contribution < 1.29 is 28.7 Å². The third-order valence-corrected chi connectivity index (χ3v) is 10.5. The lowest BCUT2D eigenvalue weighted by atomic mass is 10.0. The Balaban J connectivity index is 1.30. The lowest BCUT2D eigenvalue weighted by molar-refractivity contribution is -0.187. The first kappa shape index (κ1) is 32.2. The number of ether oxygens (including phenoxy) is 2. The van der Waals surface area contributed by atoms with Gasteiger partial charge in [0.2, 0.25) is 17.4 Å². The number of hydrogen-bond donors (Lipinski definition) is 2. The van der Waals surface area contributed by atoms with Crippen LogP contribution in [0.2, 0.25) is 0 Å². The lowest BCUT2D eigenvalue weighted by Gasteiger charge is -2.49. The summed E-state index contributed by atoms with van der Waals surface area (Å²) < 4.78 is 12.7. The molecule has 2 aromatic rings. The molecule has 5 rings (SSSR count). The minimum absolute atomic E-state index is 0.0199. The molecule has 1 aliphatic carbocycles. The fourth-order valence-corrected chi connectivity index (χ4v) is 8.07. The third kappa shape index (κ3) is 7.52. The maximum absolute atomic E-state index is 13.6. The van der Waals surface area contributed by atoms with Gasteiger partial charge in [0.15, 0.2) is 5.13 Å². The van der Waals surface area contributed by atoms with Gasteiger partial charge in [-0.2, -0.15) is 0 Å². The van der Waals surface area contributed by atoms with Crippen molar-refractivity contribution in [1.82, 2.24) is 40.3 Å². The van der Waals surface area contributed by atoms with E-state index in [1.165, 1.54) is 46.7 Å². The summed E-state index contributed by atoms with van der Waals surface area (Å²) in [5, 5.41) is 16.8. The van der Waals surface area contributed by atoms with Crippen LogP contribution in [0.15, 0.2) is 21.8 Å². The number of nitrogens with zero attached hydrogens (tertiary/aromatic N) is 7. The number of carbonyl (C=O) groups excluding carboxylic acids is 4. The molecule has 1 saturated carbocycles. The van der Waals surface area contributed by atoms with E-state index in [4.69, 9.17) is 15.2 Å². The number of amides is 2. The Morgan fingerprint density at radius 3 is 2.73 bits per heavy atom. The van der Waals surface area contributed by atoms with E-state index in [0.29, 0.717) is 39.6 Å². The summed E-state index contributed by atoms with van der Waals surface area (Å²) >= 11 is 4.01. The van der Waals surface area contributed by atoms with E-state index in [2.05, 4.69) is 25.8 Å². The van der Waals surface area contributed by atoms with Crippen molar-refractivity contribution in [1.29, 1.82) is 0 Å². The van der Waals surface area contributed by atoms with Crippen LogP contribution in [0.1, 0.15) is 38.3 Å². The quantitative estimate of drug-likeness (QED) is 0.133. The summed E-state index contributed by atoms with van der Waals surface area (Å²) in [5.41, 5.74) is 6.91. The molecule has 3 N–H and O–H groups in total. The Hall–Kier alpha value is -3.22. The van der Waals surface area contributed by atoms with Crippen molar-refractivity contribution in [3.63, 3.8) is 0 Å². The number of nitrogens with two attached hydrogens (primary N) is 1. The highest BCUT2D eigenvalue weighted by molar-refractivity contribution is 8.01. The number of rotatable bonds is 13. The van der Waals surface area contributed by atoms with Gasteiger partial charge in [0.1, 0.15) is 17.1 Å². The number of nitrogen functional groups attached to an aromatic ring is 1. The van der Waals surface area contributed by atoms with Gasteiger partial charge in [-0.1, -0.05) is 24.6 Å². The molecule has 0 aromatic carbocycles. The number of likely N-dealkylation sites (N-methyl/N-ethyl adjacent to an activating group) is 1. The average Bonchev–Trinajstić information content (AvgIpc) is 3.76. The number of β-lactam (4-membered cyclic amide) rings is 1. The number of aromatic nitrogens is 5. The molecule has 0 spiro atoms.